The van der Waals surface area contributed by atoms with Crippen molar-refractivity contribution in [3.63, 3.8) is 0 Å². The molecule has 1 amide bonds. The molecule has 8 nitrogen and oxygen atoms in total. The number of amides is 1. The minimum Gasteiger partial charge on any atom is -0.367 e. The van der Waals surface area contributed by atoms with Gasteiger partial charge in [-0.05, 0) is 42.7 Å². The fraction of sp³-hybridized carbons (Fsp3) is 0.333. The number of imidazole rings is 1. The van der Waals surface area contributed by atoms with E-state index in [1.54, 1.807) is 12.5 Å². The molecule has 0 saturated carbocycles. The molecular weight excluding hydrogens is 476 g/mol. The van der Waals surface area contributed by atoms with E-state index in [0.717, 1.165) is 47.5 Å². The summed E-state index contributed by atoms with van der Waals surface area (Å²) >= 11 is 0. The molecule has 2 aliphatic rings. The lowest BCUT2D eigenvalue weighted by Gasteiger charge is -2.43. The zero-order valence-electron chi connectivity index (χ0n) is 21.6. The number of carbonyl (C=O) groups excluding carboxylic acids is 2. The van der Waals surface area contributed by atoms with Crippen molar-refractivity contribution in [3.8, 4) is 0 Å². The first kappa shape index (κ1) is 24.3. The van der Waals surface area contributed by atoms with E-state index in [9.17, 15) is 9.59 Å². The standard InChI is InChI=1S/C30H32N6O2/c1-21-18-34(15-16-36(21)27(38)19-35-20-33-24-10-6-13-32-30(24)35)25-11-5-9-23-12-14-31-29(28(23)25)26(37)17-22-7-3-2-4-8-22/h2-11,13,20-21,29,31H,12,14-19H2,1H3/t21?,29-/m0/s1. The van der Waals surface area contributed by atoms with Crippen molar-refractivity contribution in [1.82, 2.24) is 24.8 Å². The van der Waals surface area contributed by atoms with Gasteiger partial charge >= 0.3 is 0 Å². The topological polar surface area (TPSA) is 83.4 Å². The van der Waals surface area contributed by atoms with Crippen molar-refractivity contribution in [3.05, 3.63) is 89.9 Å². The van der Waals surface area contributed by atoms with Crippen LogP contribution in [-0.4, -0.2) is 63.3 Å². The summed E-state index contributed by atoms with van der Waals surface area (Å²) < 4.78 is 1.82. The Labute approximate surface area is 222 Å². The molecule has 1 saturated heterocycles. The first-order valence-corrected chi connectivity index (χ1v) is 13.3. The van der Waals surface area contributed by atoms with Crippen LogP contribution in [0.2, 0.25) is 0 Å². The van der Waals surface area contributed by atoms with E-state index in [4.69, 9.17) is 0 Å². The Balaban J connectivity index is 1.19. The summed E-state index contributed by atoms with van der Waals surface area (Å²) in [5, 5.41) is 3.50. The number of hydrogen-bond acceptors (Lipinski definition) is 6. The molecule has 0 aliphatic carbocycles. The second kappa shape index (κ2) is 10.4. The van der Waals surface area contributed by atoms with Crippen molar-refractivity contribution in [2.24, 2.45) is 0 Å². The van der Waals surface area contributed by atoms with Gasteiger partial charge < -0.3 is 19.7 Å². The first-order chi connectivity index (χ1) is 18.6. The molecule has 8 heteroatoms. The summed E-state index contributed by atoms with van der Waals surface area (Å²) in [5.74, 6) is 0.252. The van der Waals surface area contributed by atoms with Crippen molar-refractivity contribution in [1.29, 1.82) is 0 Å². The molecule has 0 bridgehead atoms. The number of pyridine rings is 1. The van der Waals surface area contributed by atoms with Gasteiger partial charge in [-0.2, -0.15) is 0 Å². The minimum absolute atomic E-state index is 0.0323. The lowest BCUT2D eigenvalue weighted by molar-refractivity contribution is -0.134. The smallest absolute Gasteiger partial charge is 0.242 e. The molecular formula is C30H32N6O2. The fourth-order valence-electron chi connectivity index (χ4n) is 5.85. The Kier molecular flexibility index (Phi) is 6.64. The number of fused-ring (bicyclic) bond motifs is 2. The third-order valence-corrected chi connectivity index (χ3v) is 7.72. The zero-order valence-corrected chi connectivity index (χ0v) is 21.6. The zero-order chi connectivity index (χ0) is 26.1. The first-order valence-electron chi connectivity index (χ1n) is 13.3. The lowest BCUT2D eigenvalue weighted by Crippen LogP contribution is -2.55. The van der Waals surface area contributed by atoms with Crippen LogP contribution < -0.4 is 10.2 Å². The molecule has 2 atom stereocenters. The maximum Gasteiger partial charge on any atom is 0.242 e. The second-order valence-corrected chi connectivity index (χ2v) is 10.2. The SMILES string of the molecule is CC1CN(c2cccc3c2[C@H](C(=O)Cc2ccccc2)NCC3)CCN1C(=O)Cn1cnc2cccnc21. The minimum atomic E-state index is -0.327. The summed E-state index contributed by atoms with van der Waals surface area (Å²) in [6, 6.07) is 19.8. The summed E-state index contributed by atoms with van der Waals surface area (Å²) in [6.07, 6.45) is 4.72. The van der Waals surface area contributed by atoms with Gasteiger partial charge in [0.1, 0.15) is 12.1 Å². The van der Waals surface area contributed by atoms with Crippen LogP contribution in [0.15, 0.2) is 73.2 Å². The number of piperazine rings is 1. The van der Waals surface area contributed by atoms with Gasteiger partial charge in [0.15, 0.2) is 11.4 Å². The molecule has 194 valence electrons. The van der Waals surface area contributed by atoms with Gasteiger partial charge in [-0.15, -0.1) is 0 Å². The highest BCUT2D eigenvalue weighted by Gasteiger charge is 2.33. The molecule has 4 heterocycles. The highest BCUT2D eigenvalue weighted by molar-refractivity contribution is 5.90. The average molecular weight is 509 g/mol. The van der Waals surface area contributed by atoms with Crippen molar-refractivity contribution in [2.75, 3.05) is 31.1 Å². The molecule has 4 aromatic rings. The predicted octanol–water partition coefficient (Wildman–Crippen LogP) is 3.17. The summed E-state index contributed by atoms with van der Waals surface area (Å²) in [7, 11) is 0. The number of nitrogens with zero attached hydrogens (tertiary/aromatic N) is 5. The molecule has 2 aliphatic heterocycles. The number of carbonyl (C=O) groups is 2. The largest absolute Gasteiger partial charge is 0.367 e. The Morgan fingerprint density at radius 3 is 2.71 bits per heavy atom. The number of nitrogens with one attached hydrogen (secondary N) is 1. The number of benzene rings is 2. The third-order valence-electron chi connectivity index (χ3n) is 7.72. The molecule has 38 heavy (non-hydrogen) atoms. The molecule has 2 aromatic heterocycles. The van der Waals surface area contributed by atoms with E-state index in [0.29, 0.717) is 19.5 Å². The van der Waals surface area contributed by atoms with Gasteiger partial charge in [0.2, 0.25) is 5.91 Å². The third kappa shape index (κ3) is 4.67. The Morgan fingerprint density at radius 1 is 1.00 bits per heavy atom. The van der Waals surface area contributed by atoms with Crippen LogP contribution in [0.5, 0.6) is 0 Å². The number of Topliss-reactive ketones (excluding diaryl/α,β-unsaturated/α-hetero) is 1. The second-order valence-electron chi connectivity index (χ2n) is 10.2. The average Bonchev–Trinajstić information content (AvgIpc) is 3.35. The van der Waals surface area contributed by atoms with Crippen LogP contribution in [-0.2, 0) is 29.0 Å². The molecule has 1 fully saturated rings. The molecule has 0 radical (unpaired) electrons. The lowest BCUT2D eigenvalue weighted by atomic mass is 9.87. The highest BCUT2D eigenvalue weighted by Crippen LogP contribution is 2.35. The van der Waals surface area contributed by atoms with Crippen LogP contribution in [0, 0.1) is 0 Å². The van der Waals surface area contributed by atoms with Gasteiger partial charge in [0.05, 0.1) is 12.4 Å². The van der Waals surface area contributed by atoms with Crippen LogP contribution >= 0.6 is 0 Å². The number of aromatic nitrogens is 3. The molecule has 2 aromatic carbocycles. The number of ketones is 1. The summed E-state index contributed by atoms with van der Waals surface area (Å²) in [6.45, 7) is 5.16. The monoisotopic (exact) mass is 508 g/mol. The maximum atomic E-state index is 13.5. The van der Waals surface area contributed by atoms with Crippen LogP contribution in [0.25, 0.3) is 11.2 Å². The van der Waals surface area contributed by atoms with Crippen molar-refractivity contribution >= 4 is 28.5 Å². The predicted molar refractivity (Wildman–Crippen MR) is 147 cm³/mol. The van der Waals surface area contributed by atoms with E-state index in [2.05, 4.69) is 45.3 Å². The van der Waals surface area contributed by atoms with Crippen LogP contribution in [0.1, 0.15) is 29.7 Å². The van der Waals surface area contributed by atoms with Crippen molar-refractivity contribution < 1.29 is 9.59 Å². The summed E-state index contributed by atoms with van der Waals surface area (Å²) in [5.41, 5.74) is 5.98. The summed E-state index contributed by atoms with van der Waals surface area (Å²) in [4.78, 5) is 39.8. The number of rotatable bonds is 6. The van der Waals surface area contributed by atoms with Crippen molar-refractivity contribution in [2.45, 2.75) is 38.4 Å². The molecule has 0 spiro atoms. The van der Waals surface area contributed by atoms with E-state index in [1.807, 2.05) is 51.9 Å². The van der Waals surface area contributed by atoms with Gasteiger partial charge in [-0.25, -0.2) is 9.97 Å². The van der Waals surface area contributed by atoms with E-state index in [1.165, 1.54) is 5.56 Å². The molecule has 1 N–H and O–H groups in total. The number of anilines is 1. The quantitative estimate of drug-likeness (QED) is 0.431. The van der Waals surface area contributed by atoms with E-state index in [-0.39, 0.29) is 30.3 Å². The molecule has 6 rings (SSSR count). The van der Waals surface area contributed by atoms with Crippen LogP contribution in [0.3, 0.4) is 0 Å². The van der Waals surface area contributed by atoms with Gasteiger partial charge in [-0.3, -0.25) is 9.59 Å². The van der Waals surface area contributed by atoms with Crippen LogP contribution in [0.4, 0.5) is 5.69 Å². The Bertz CT molecular complexity index is 1470. The van der Waals surface area contributed by atoms with E-state index >= 15 is 0 Å². The molecule has 1 unspecified atom stereocenters. The van der Waals surface area contributed by atoms with Gasteiger partial charge in [0, 0.05) is 56.1 Å². The van der Waals surface area contributed by atoms with E-state index < -0.39 is 0 Å². The van der Waals surface area contributed by atoms with Gasteiger partial charge in [-0.1, -0.05) is 42.5 Å². The highest BCUT2D eigenvalue weighted by atomic mass is 16.2. The fourth-order valence-corrected chi connectivity index (χ4v) is 5.85. The Morgan fingerprint density at radius 2 is 1.87 bits per heavy atom. The normalized spacial score (nSPS) is 19.4. The Hall–Kier alpha value is -4.04. The maximum absolute atomic E-state index is 13.5. The van der Waals surface area contributed by atoms with Gasteiger partial charge in [0.25, 0.3) is 0 Å². The number of hydrogen-bond donors (Lipinski definition) is 1.